The molecule has 0 aliphatic rings. The standard InChI is InChI=1S/C19H22N2O2/c1-3-23-19-14(8-6-10-18(19)22-2)15(11-20)16-12-21-17-9-5-4-7-13(16)17/h4-10,12,15,21H,3,11,20H2,1-2H3/p+1/t15-/m1/s1. The molecular weight excluding hydrogens is 288 g/mol. The Morgan fingerprint density at radius 2 is 1.91 bits per heavy atom. The van der Waals surface area contributed by atoms with Crippen LogP contribution in [-0.4, -0.2) is 25.2 Å². The molecule has 0 aliphatic carbocycles. The first-order valence-corrected chi connectivity index (χ1v) is 7.95. The van der Waals surface area contributed by atoms with Crippen LogP contribution in [0.1, 0.15) is 24.0 Å². The number of benzene rings is 2. The molecular formula is C19H23N2O2+. The lowest BCUT2D eigenvalue weighted by Crippen LogP contribution is -2.53. The molecule has 0 amide bonds. The van der Waals surface area contributed by atoms with E-state index in [1.54, 1.807) is 7.11 Å². The number of ether oxygens (including phenoxy) is 2. The number of nitrogens with one attached hydrogen (secondary N) is 1. The van der Waals surface area contributed by atoms with Crippen LogP contribution < -0.4 is 15.2 Å². The molecule has 4 N–H and O–H groups in total. The van der Waals surface area contributed by atoms with Crippen LogP contribution in [0, 0.1) is 0 Å². The highest BCUT2D eigenvalue weighted by molar-refractivity contribution is 5.84. The summed E-state index contributed by atoms with van der Waals surface area (Å²) in [5, 5.41) is 1.23. The van der Waals surface area contributed by atoms with Crippen LogP contribution in [0.25, 0.3) is 10.9 Å². The number of aromatic amines is 1. The van der Waals surface area contributed by atoms with E-state index >= 15 is 0 Å². The summed E-state index contributed by atoms with van der Waals surface area (Å²) in [5.41, 5.74) is 7.67. The minimum absolute atomic E-state index is 0.155. The fourth-order valence-electron chi connectivity index (χ4n) is 3.13. The zero-order chi connectivity index (χ0) is 16.2. The van der Waals surface area contributed by atoms with Crippen LogP contribution in [0.15, 0.2) is 48.7 Å². The van der Waals surface area contributed by atoms with Gasteiger partial charge in [-0.05, 0) is 24.6 Å². The highest BCUT2D eigenvalue weighted by atomic mass is 16.5. The topological polar surface area (TPSA) is 61.9 Å². The Morgan fingerprint density at radius 1 is 1.09 bits per heavy atom. The smallest absolute Gasteiger partial charge is 0.165 e. The Morgan fingerprint density at radius 3 is 2.65 bits per heavy atom. The second-order valence-corrected chi connectivity index (χ2v) is 5.44. The molecule has 4 heteroatoms. The Bertz CT molecular complexity index is 795. The van der Waals surface area contributed by atoms with Gasteiger partial charge in [-0.3, -0.25) is 0 Å². The van der Waals surface area contributed by atoms with E-state index in [0.29, 0.717) is 6.61 Å². The van der Waals surface area contributed by atoms with E-state index in [9.17, 15) is 0 Å². The summed E-state index contributed by atoms with van der Waals surface area (Å²) in [6, 6.07) is 14.4. The van der Waals surface area contributed by atoms with Crippen molar-refractivity contribution in [3.8, 4) is 11.5 Å². The summed E-state index contributed by atoms with van der Waals surface area (Å²) in [5.74, 6) is 1.74. The van der Waals surface area contributed by atoms with Gasteiger partial charge in [0, 0.05) is 22.7 Å². The molecule has 2 aromatic carbocycles. The molecule has 0 radical (unpaired) electrons. The molecule has 23 heavy (non-hydrogen) atoms. The van der Waals surface area contributed by atoms with Gasteiger partial charge in [0.1, 0.15) is 0 Å². The van der Waals surface area contributed by atoms with Crippen LogP contribution in [0.5, 0.6) is 11.5 Å². The van der Waals surface area contributed by atoms with Crippen molar-refractivity contribution >= 4 is 10.9 Å². The number of para-hydroxylation sites is 2. The van der Waals surface area contributed by atoms with Crippen LogP contribution >= 0.6 is 0 Å². The second-order valence-electron chi connectivity index (χ2n) is 5.44. The normalized spacial score (nSPS) is 12.3. The minimum atomic E-state index is 0.155. The lowest BCUT2D eigenvalue weighted by Gasteiger charge is -2.19. The molecule has 4 nitrogen and oxygen atoms in total. The van der Waals surface area contributed by atoms with Crippen molar-refractivity contribution in [1.82, 2.24) is 4.98 Å². The fourth-order valence-corrected chi connectivity index (χ4v) is 3.13. The van der Waals surface area contributed by atoms with E-state index in [-0.39, 0.29) is 5.92 Å². The number of methoxy groups -OCH3 is 1. The summed E-state index contributed by atoms with van der Waals surface area (Å²) in [6.45, 7) is 3.33. The minimum Gasteiger partial charge on any atom is -0.493 e. The summed E-state index contributed by atoms with van der Waals surface area (Å²) in [4.78, 5) is 3.35. The van der Waals surface area contributed by atoms with Gasteiger partial charge in [-0.15, -0.1) is 0 Å². The Labute approximate surface area is 136 Å². The average Bonchev–Trinajstić information content (AvgIpc) is 3.01. The van der Waals surface area contributed by atoms with Crippen LogP contribution in [0.3, 0.4) is 0 Å². The number of hydrogen-bond donors (Lipinski definition) is 2. The molecule has 0 bridgehead atoms. The van der Waals surface area contributed by atoms with E-state index < -0.39 is 0 Å². The molecule has 0 saturated carbocycles. The highest BCUT2D eigenvalue weighted by Gasteiger charge is 2.23. The monoisotopic (exact) mass is 311 g/mol. The van der Waals surface area contributed by atoms with Gasteiger partial charge < -0.3 is 20.2 Å². The SMILES string of the molecule is CCOc1c(OC)cccc1[C@@H](C[NH3+])c1c[nH]c2ccccc12. The van der Waals surface area contributed by atoms with E-state index in [1.165, 1.54) is 10.9 Å². The van der Waals surface area contributed by atoms with E-state index in [1.807, 2.05) is 25.1 Å². The third kappa shape index (κ3) is 2.78. The number of fused-ring (bicyclic) bond motifs is 1. The number of aromatic nitrogens is 1. The average molecular weight is 311 g/mol. The summed E-state index contributed by atoms with van der Waals surface area (Å²) >= 11 is 0. The molecule has 3 rings (SSSR count). The van der Waals surface area contributed by atoms with Gasteiger partial charge in [0.15, 0.2) is 11.5 Å². The summed E-state index contributed by atoms with van der Waals surface area (Å²) in [7, 11) is 1.67. The van der Waals surface area contributed by atoms with Gasteiger partial charge in [0.05, 0.1) is 26.2 Å². The Kier molecular flexibility index (Phi) is 4.53. The maximum atomic E-state index is 5.89. The molecule has 0 spiro atoms. The lowest BCUT2D eigenvalue weighted by molar-refractivity contribution is -0.370. The van der Waals surface area contributed by atoms with E-state index in [4.69, 9.17) is 9.47 Å². The largest absolute Gasteiger partial charge is 0.493 e. The first kappa shape index (κ1) is 15.4. The molecule has 1 heterocycles. The van der Waals surface area contributed by atoms with Crippen molar-refractivity contribution < 1.29 is 15.2 Å². The molecule has 0 aliphatic heterocycles. The first-order chi connectivity index (χ1) is 11.3. The first-order valence-electron chi connectivity index (χ1n) is 7.95. The molecule has 120 valence electrons. The number of hydrogen-bond acceptors (Lipinski definition) is 2. The predicted octanol–water partition coefficient (Wildman–Crippen LogP) is 2.95. The van der Waals surface area contributed by atoms with Gasteiger partial charge in [-0.1, -0.05) is 30.3 Å². The van der Waals surface area contributed by atoms with Crippen LogP contribution in [0.4, 0.5) is 0 Å². The quantitative estimate of drug-likeness (QED) is 0.735. The maximum Gasteiger partial charge on any atom is 0.165 e. The van der Waals surface area contributed by atoms with E-state index in [0.717, 1.165) is 29.1 Å². The zero-order valence-electron chi connectivity index (χ0n) is 13.6. The zero-order valence-corrected chi connectivity index (χ0v) is 13.6. The molecule has 1 aromatic heterocycles. The van der Waals surface area contributed by atoms with E-state index in [2.05, 4.69) is 41.2 Å². The molecule has 0 unspecified atom stereocenters. The van der Waals surface area contributed by atoms with Crippen LogP contribution in [0.2, 0.25) is 0 Å². The summed E-state index contributed by atoms with van der Waals surface area (Å²) < 4.78 is 11.4. The van der Waals surface area contributed by atoms with Gasteiger partial charge in [0.25, 0.3) is 0 Å². The molecule has 0 fully saturated rings. The molecule has 3 aromatic rings. The summed E-state index contributed by atoms with van der Waals surface area (Å²) in [6.07, 6.45) is 2.08. The van der Waals surface area contributed by atoms with Crippen molar-refractivity contribution in [2.45, 2.75) is 12.8 Å². The fraction of sp³-hybridized carbons (Fsp3) is 0.263. The van der Waals surface area contributed by atoms with Gasteiger partial charge in [-0.25, -0.2) is 0 Å². The van der Waals surface area contributed by atoms with Gasteiger partial charge >= 0.3 is 0 Å². The lowest BCUT2D eigenvalue weighted by atomic mass is 9.90. The van der Waals surface area contributed by atoms with Crippen molar-refractivity contribution in [3.05, 3.63) is 59.8 Å². The van der Waals surface area contributed by atoms with Gasteiger partial charge in [0.2, 0.25) is 0 Å². The predicted molar refractivity (Wildman–Crippen MR) is 92.1 cm³/mol. The van der Waals surface area contributed by atoms with Crippen molar-refractivity contribution in [2.24, 2.45) is 0 Å². The number of H-pyrrole nitrogens is 1. The molecule has 1 atom stereocenters. The highest BCUT2D eigenvalue weighted by Crippen LogP contribution is 2.39. The van der Waals surface area contributed by atoms with Crippen molar-refractivity contribution in [2.75, 3.05) is 20.3 Å². The number of quaternary nitrogens is 1. The van der Waals surface area contributed by atoms with Crippen molar-refractivity contribution in [1.29, 1.82) is 0 Å². The maximum absolute atomic E-state index is 5.89. The third-order valence-electron chi connectivity index (χ3n) is 4.18. The van der Waals surface area contributed by atoms with Gasteiger partial charge in [-0.2, -0.15) is 0 Å². The Balaban J connectivity index is 2.14. The number of rotatable bonds is 6. The van der Waals surface area contributed by atoms with Crippen LogP contribution in [-0.2, 0) is 0 Å². The second kappa shape index (κ2) is 6.75. The van der Waals surface area contributed by atoms with Crippen molar-refractivity contribution in [3.63, 3.8) is 0 Å². The third-order valence-corrected chi connectivity index (χ3v) is 4.18. The molecule has 0 saturated heterocycles. The Hall–Kier alpha value is -2.46.